The van der Waals surface area contributed by atoms with E-state index in [2.05, 4.69) is 17.4 Å². The minimum atomic E-state index is -3.13. The molecule has 7 heteroatoms. The average Bonchev–Trinajstić information content (AvgIpc) is 2.60. The SMILES string of the molecule is Cc1cc(C)c(SCC(=O)N[C@H]2CS(=O)(=O)C[C@@H]2Cl)c(C)c1. The summed E-state index contributed by atoms with van der Waals surface area (Å²) in [6.45, 7) is 6.10. The van der Waals surface area contributed by atoms with Crippen LogP contribution in [0.25, 0.3) is 0 Å². The lowest BCUT2D eigenvalue weighted by Gasteiger charge is -2.15. The fourth-order valence-electron chi connectivity index (χ4n) is 2.72. The molecule has 1 aliphatic rings. The molecule has 1 aromatic rings. The van der Waals surface area contributed by atoms with Crippen molar-refractivity contribution in [3.8, 4) is 0 Å². The maximum Gasteiger partial charge on any atom is 0.230 e. The van der Waals surface area contributed by atoms with Crippen molar-refractivity contribution >= 4 is 39.1 Å². The van der Waals surface area contributed by atoms with Gasteiger partial charge in [-0.2, -0.15) is 0 Å². The zero-order chi connectivity index (χ0) is 16.5. The van der Waals surface area contributed by atoms with Crippen LogP contribution in [0.2, 0.25) is 0 Å². The molecule has 0 radical (unpaired) electrons. The van der Waals surface area contributed by atoms with Gasteiger partial charge in [-0.25, -0.2) is 8.42 Å². The molecule has 1 saturated heterocycles. The minimum Gasteiger partial charge on any atom is -0.350 e. The Balaban J connectivity index is 1.94. The number of rotatable bonds is 4. The van der Waals surface area contributed by atoms with Gasteiger partial charge in [0, 0.05) is 4.90 Å². The molecule has 0 aromatic heterocycles. The number of aryl methyl sites for hydroxylation is 3. The molecule has 1 aliphatic heterocycles. The number of alkyl halides is 1. The molecular formula is C15H20ClNO3S2. The van der Waals surface area contributed by atoms with Gasteiger partial charge in [-0.1, -0.05) is 17.7 Å². The number of carbonyl (C=O) groups excluding carboxylic acids is 1. The molecule has 1 heterocycles. The highest BCUT2D eigenvalue weighted by atomic mass is 35.5. The zero-order valence-electron chi connectivity index (χ0n) is 12.8. The van der Waals surface area contributed by atoms with Gasteiger partial charge in [-0.15, -0.1) is 23.4 Å². The number of halogens is 1. The highest BCUT2D eigenvalue weighted by Crippen LogP contribution is 2.27. The van der Waals surface area contributed by atoms with Crippen LogP contribution in [0.15, 0.2) is 17.0 Å². The number of benzene rings is 1. The first-order valence-corrected chi connectivity index (χ1v) is 10.3. The molecule has 0 unspecified atom stereocenters. The summed E-state index contributed by atoms with van der Waals surface area (Å²) in [5.41, 5.74) is 3.49. The van der Waals surface area contributed by atoms with Crippen LogP contribution < -0.4 is 5.32 Å². The highest BCUT2D eigenvalue weighted by Gasteiger charge is 2.37. The third-order valence-corrected chi connectivity index (χ3v) is 7.30. The van der Waals surface area contributed by atoms with Crippen molar-refractivity contribution in [2.45, 2.75) is 37.1 Å². The number of hydrogen-bond donors (Lipinski definition) is 1. The van der Waals surface area contributed by atoms with Crippen LogP contribution in [0.5, 0.6) is 0 Å². The molecule has 1 fully saturated rings. The Morgan fingerprint density at radius 1 is 1.27 bits per heavy atom. The van der Waals surface area contributed by atoms with E-state index in [9.17, 15) is 13.2 Å². The molecule has 4 nitrogen and oxygen atoms in total. The van der Waals surface area contributed by atoms with Crippen LogP contribution in [0.1, 0.15) is 16.7 Å². The Morgan fingerprint density at radius 2 is 1.86 bits per heavy atom. The highest BCUT2D eigenvalue weighted by molar-refractivity contribution is 8.00. The molecule has 1 N–H and O–H groups in total. The molecule has 22 heavy (non-hydrogen) atoms. The van der Waals surface area contributed by atoms with Crippen LogP contribution in [0, 0.1) is 20.8 Å². The van der Waals surface area contributed by atoms with E-state index in [0.717, 1.165) is 16.0 Å². The maximum absolute atomic E-state index is 12.0. The monoisotopic (exact) mass is 361 g/mol. The Labute approximate surface area is 140 Å². The van der Waals surface area contributed by atoms with E-state index in [1.807, 2.05) is 20.8 Å². The molecule has 0 aliphatic carbocycles. The van der Waals surface area contributed by atoms with Crippen molar-refractivity contribution in [2.75, 3.05) is 17.3 Å². The van der Waals surface area contributed by atoms with Gasteiger partial charge in [0.05, 0.1) is 28.7 Å². The van der Waals surface area contributed by atoms with Gasteiger partial charge in [0.1, 0.15) is 0 Å². The van der Waals surface area contributed by atoms with E-state index in [-0.39, 0.29) is 23.2 Å². The fraction of sp³-hybridized carbons (Fsp3) is 0.533. The predicted octanol–water partition coefficient (Wildman–Crippen LogP) is 2.22. The largest absolute Gasteiger partial charge is 0.350 e. The normalized spacial score (nSPS) is 23.5. The maximum atomic E-state index is 12.0. The summed E-state index contributed by atoms with van der Waals surface area (Å²) < 4.78 is 23.0. The van der Waals surface area contributed by atoms with Gasteiger partial charge in [0.15, 0.2) is 9.84 Å². The number of sulfone groups is 1. The van der Waals surface area contributed by atoms with Crippen LogP contribution in [-0.4, -0.2) is 43.0 Å². The summed E-state index contributed by atoms with van der Waals surface area (Å²) in [6, 6.07) is 3.69. The Morgan fingerprint density at radius 3 is 2.36 bits per heavy atom. The van der Waals surface area contributed by atoms with Gasteiger partial charge in [0.25, 0.3) is 0 Å². The van der Waals surface area contributed by atoms with E-state index in [1.165, 1.54) is 17.3 Å². The second-order valence-corrected chi connectivity index (χ2v) is 9.48. The molecule has 1 amide bonds. The predicted molar refractivity (Wildman–Crippen MR) is 91.6 cm³/mol. The van der Waals surface area contributed by atoms with Crippen molar-refractivity contribution < 1.29 is 13.2 Å². The first kappa shape index (κ1) is 17.6. The van der Waals surface area contributed by atoms with Crippen LogP contribution in [-0.2, 0) is 14.6 Å². The lowest BCUT2D eigenvalue weighted by Crippen LogP contribution is -2.41. The van der Waals surface area contributed by atoms with Gasteiger partial charge in [-0.05, 0) is 31.9 Å². The van der Waals surface area contributed by atoms with Crippen LogP contribution >= 0.6 is 23.4 Å². The molecule has 0 bridgehead atoms. The smallest absolute Gasteiger partial charge is 0.230 e. The Bertz CT molecular complexity index is 665. The number of hydrogen-bond acceptors (Lipinski definition) is 4. The van der Waals surface area contributed by atoms with Crippen molar-refractivity contribution in [1.82, 2.24) is 5.32 Å². The number of amides is 1. The van der Waals surface area contributed by atoms with E-state index in [4.69, 9.17) is 11.6 Å². The van der Waals surface area contributed by atoms with E-state index < -0.39 is 21.3 Å². The van der Waals surface area contributed by atoms with Crippen molar-refractivity contribution in [3.05, 3.63) is 28.8 Å². The van der Waals surface area contributed by atoms with E-state index in [0.29, 0.717) is 0 Å². The molecular weight excluding hydrogens is 342 g/mol. The standard InChI is InChI=1S/C15H20ClNO3S2/c1-9-4-10(2)15(11(3)5-9)21-6-14(18)17-13-8-22(19,20)7-12(13)16/h4-5,12-13H,6-8H2,1-3H3,(H,17,18)/t12-,13-/m0/s1. The molecule has 2 rings (SSSR count). The van der Waals surface area contributed by atoms with E-state index >= 15 is 0 Å². The quantitative estimate of drug-likeness (QED) is 0.659. The molecule has 0 spiro atoms. The number of thioether (sulfide) groups is 1. The lowest BCUT2D eigenvalue weighted by atomic mass is 10.1. The second kappa shape index (κ2) is 6.81. The number of nitrogens with one attached hydrogen (secondary N) is 1. The van der Waals surface area contributed by atoms with Gasteiger partial charge < -0.3 is 5.32 Å². The zero-order valence-corrected chi connectivity index (χ0v) is 15.2. The molecule has 2 atom stereocenters. The van der Waals surface area contributed by atoms with Crippen LogP contribution in [0.4, 0.5) is 0 Å². The first-order valence-electron chi connectivity index (χ1n) is 7.02. The van der Waals surface area contributed by atoms with Gasteiger partial charge >= 0.3 is 0 Å². The van der Waals surface area contributed by atoms with Crippen molar-refractivity contribution in [2.24, 2.45) is 0 Å². The Hall–Kier alpha value is -0.720. The Kier molecular flexibility index (Phi) is 5.45. The third-order valence-electron chi connectivity index (χ3n) is 3.58. The summed E-state index contributed by atoms with van der Waals surface area (Å²) in [4.78, 5) is 13.1. The molecule has 1 aromatic carbocycles. The lowest BCUT2D eigenvalue weighted by molar-refractivity contribution is -0.119. The van der Waals surface area contributed by atoms with Crippen molar-refractivity contribution in [1.29, 1.82) is 0 Å². The second-order valence-electron chi connectivity index (χ2n) is 5.78. The van der Waals surface area contributed by atoms with E-state index in [1.54, 1.807) is 0 Å². The topological polar surface area (TPSA) is 63.2 Å². The van der Waals surface area contributed by atoms with Gasteiger partial charge in [-0.3, -0.25) is 4.79 Å². The summed E-state index contributed by atoms with van der Waals surface area (Å²) in [5, 5.41) is 2.19. The summed E-state index contributed by atoms with van der Waals surface area (Å²) in [6.07, 6.45) is 0. The molecule has 122 valence electrons. The van der Waals surface area contributed by atoms with Gasteiger partial charge in [0.2, 0.25) is 5.91 Å². The minimum absolute atomic E-state index is 0.0666. The fourth-order valence-corrected chi connectivity index (χ4v) is 6.20. The summed E-state index contributed by atoms with van der Waals surface area (Å²) in [7, 11) is -3.13. The van der Waals surface area contributed by atoms with Crippen LogP contribution in [0.3, 0.4) is 0 Å². The molecule has 0 saturated carbocycles. The summed E-state index contributed by atoms with van der Waals surface area (Å²) in [5.74, 6) is -0.0643. The van der Waals surface area contributed by atoms with Crippen molar-refractivity contribution in [3.63, 3.8) is 0 Å². The third kappa shape index (κ3) is 4.40. The summed E-state index contributed by atoms with van der Waals surface area (Å²) >= 11 is 7.46. The number of carbonyl (C=O) groups is 1. The first-order chi connectivity index (χ1) is 10.2. The average molecular weight is 362 g/mol.